The minimum Gasteiger partial charge on any atom is -0.481 e. The lowest BCUT2D eigenvalue weighted by molar-refractivity contribution is -0.137. The molecule has 1 amide bonds. The second-order valence-electron chi connectivity index (χ2n) is 5.76. The molecule has 0 aliphatic carbocycles. The molecule has 1 aliphatic heterocycles. The predicted octanol–water partition coefficient (Wildman–Crippen LogP) is 1.93. The Morgan fingerprint density at radius 2 is 1.92 bits per heavy atom. The molecule has 0 unspecified atom stereocenters. The van der Waals surface area contributed by atoms with Crippen molar-refractivity contribution in [1.82, 2.24) is 14.9 Å². The standard InChI is InChI=1S/C18H21N3O4/c1-13(24-14-6-4-3-5-7-14)18(22)21-11-8-15(12-21)25-17-16(23-2)19-9-10-20-17/h3-7,9-10,13,15H,8,11-12H2,1-2H3/t13-,15-/m1/s1. The van der Waals surface area contributed by atoms with Gasteiger partial charge in [0.2, 0.25) is 0 Å². The zero-order chi connectivity index (χ0) is 17.6. The van der Waals surface area contributed by atoms with Crippen LogP contribution in [0, 0.1) is 0 Å². The molecule has 132 valence electrons. The van der Waals surface area contributed by atoms with Gasteiger partial charge in [0, 0.05) is 25.4 Å². The number of amides is 1. The van der Waals surface area contributed by atoms with Gasteiger partial charge in [-0.15, -0.1) is 0 Å². The average Bonchev–Trinajstić information content (AvgIpc) is 3.11. The Labute approximate surface area is 146 Å². The first-order chi connectivity index (χ1) is 12.2. The summed E-state index contributed by atoms with van der Waals surface area (Å²) in [5.41, 5.74) is 0. The Hall–Kier alpha value is -2.83. The van der Waals surface area contributed by atoms with Gasteiger partial charge in [0.25, 0.3) is 17.7 Å². The molecule has 2 heterocycles. The molecule has 0 bridgehead atoms. The van der Waals surface area contributed by atoms with Crippen LogP contribution in [-0.2, 0) is 4.79 Å². The quantitative estimate of drug-likeness (QED) is 0.798. The van der Waals surface area contributed by atoms with Gasteiger partial charge in [0.05, 0.1) is 13.7 Å². The number of aromatic nitrogens is 2. The molecule has 1 aromatic heterocycles. The highest BCUT2D eigenvalue weighted by Gasteiger charge is 2.31. The van der Waals surface area contributed by atoms with Gasteiger partial charge in [0.1, 0.15) is 11.9 Å². The van der Waals surface area contributed by atoms with Gasteiger partial charge in [-0.05, 0) is 19.1 Å². The smallest absolute Gasteiger partial charge is 0.278 e. The van der Waals surface area contributed by atoms with Gasteiger partial charge in [0.15, 0.2) is 6.10 Å². The zero-order valence-corrected chi connectivity index (χ0v) is 14.3. The van der Waals surface area contributed by atoms with Crippen molar-refractivity contribution in [3.63, 3.8) is 0 Å². The number of carbonyl (C=O) groups is 1. The molecule has 25 heavy (non-hydrogen) atoms. The lowest BCUT2D eigenvalue weighted by atomic mass is 10.3. The number of carbonyl (C=O) groups excluding carboxylic acids is 1. The normalized spacial score (nSPS) is 17.8. The first kappa shape index (κ1) is 17.0. The third-order valence-electron chi connectivity index (χ3n) is 3.97. The second-order valence-corrected chi connectivity index (χ2v) is 5.76. The van der Waals surface area contributed by atoms with E-state index >= 15 is 0 Å². The molecule has 0 radical (unpaired) electrons. The molecule has 1 saturated heterocycles. The number of likely N-dealkylation sites (tertiary alicyclic amines) is 1. The van der Waals surface area contributed by atoms with Gasteiger partial charge in [-0.25, -0.2) is 9.97 Å². The molecular formula is C18H21N3O4. The van der Waals surface area contributed by atoms with Crippen molar-refractivity contribution in [2.75, 3.05) is 20.2 Å². The van der Waals surface area contributed by atoms with Crippen LogP contribution < -0.4 is 14.2 Å². The average molecular weight is 343 g/mol. The highest BCUT2D eigenvalue weighted by molar-refractivity contribution is 5.81. The molecule has 1 aromatic carbocycles. The monoisotopic (exact) mass is 343 g/mol. The van der Waals surface area contributed by atoms with E-state index in [-0.39, 0.29) is 12.0 Å². The first-order valence-electron chi connectivity index (χ1n) is 8.19. The number of benzene rings is 1. The van der Waals surface area contributed by atoms with E-state index in [4.69, 9.17) is 14.2 Å². The van der Waals surface area contributed by atoms with Gasteiger partial charge in [-0.2, -0.15) is 0 Å². The van der Waals surface area contributed by atoms with Crippen LogP contribution in [0.1, 0.15) is 13.3 Å². The van der Waals surface area contributed by atoms with E-state index in [1.165, 1.54) is 7.11 Å². The SMILES string of the molecule is COc1nccnc1O[C@@H]1CCN(C(=O)[C@@H](C)Oc2ccccc2)C1. The van der Waals surface area contributed by atoms with Crippen molar-refractivity contribution < 1.29 is 19.0 Å². The molecule has 0 saturated carbocycles. The maximum absolute atomic E-state index is 12.6. The Bertz CT molecular complexity index is 710. The summed E-state index contributed by atoms with van der Waals surface area (Å²) in [6, 6.07) is 9.32. The van der Waals surface area contributed by atoms with E-state index in [1.54, 1.807) is 24.2 Å². The van der Waals surface area contributed by atoms with Crippen LogP contribution in [-0.4, -0.2) is 53.2 Å². The lowest BCUT2D eigenvalue weighted by Crippen LogP contribution is -2.40. The van der Waals surface area contributed by atoms with Crippen molar-refractivity contribution >= 4 is 5.91 Å². The Morgan fingerprint density at radius 1 is 1.20 bits per heavy atom. The van der Waals surface area contributed by atoms with Gasteiger partial charge in [-0.3, -0.25) is 4.79 Å². The summed E-state index contributed by atoms with van der Waals surface area (Å²) in [4.78, 5) is 22.5. The van der Waals surface area contributed by atoms with Crippen LogP contribution in [0.3, 0.4) is 0 Å². The summed E-state index contributed by atoms with van der Waals surface area (Å²) < 4.78 is 16.7. The van der Waals surface area contributed by atoms with Crippen molar-refractivity contribution in [3.05, 3.63) is 42.7 Å². The summed E-state index contributed by atoms with van der Waals surface area (Å²) in [5, 5.41) is 0. The third-order valence-corrected chi connectivity index (χ3v) is 3.97. The van der Waals surface area contributed by atoms with Crippen molar-refractivity contribution in [3.8, 4) is 17.5 Å². The molecular weight excluding hydrogens is 322 g/mol. The van der Waals surface area contributed by atoms with Crippen molar-refractivity contribution in [1.29, 1.82) is 0 Å². The predicted molar refractivity (Wildman–Crippen MR) is 90.7 cm³/mol. The van der Waals surface area contributed by atoms with Gasteiger partial charge >= 0.3 is 0 Å². The molecule has 1 fully saturated rings. The highest BCUT2D eigenvalue weighted by atomic mass is 16.5. The summed E-state index contributed by atoms with van der Waals surface area (Å²) >= 11 is 0. The van der Waals surface area contributed by atoms with Crippen LogP contribution in [0.4, 0.5) is 0 Å². The fourth-order valence-electron chi connectivity index (χ4n) is 2.73. The van der Waals surface area contributed by atoms with Crippen LogP contribution in [0.5, 0.6) is 17.5 Å². The van der Waals surface area contributed by atoms with E-state index in [1.807, 2.05) is 30.3 Å². The highest BCUT2D eigenvalue weighted by Crippen LogP contribution is 2.24. The van der Waals surface area contributed by atoms with Gasteiger partial charge < -0.3 is 19.1 Å². The zero-order valence-electron chi connectivity index (χ0n) is 14.3. The van der Waals surface area contributed by atoms with Crippen LogP contribution in [0.25, 0.3) is 0 Å². The number of rotatable bonds is 6. The summed E-state index contributed by atoms with van der Waals surface area (Å²) in [5.74, 6) is 1.31. The Morgan fingerprint density at radius 3 is 2.64 bits per heavy atom. The Balaban J connectivity index is 1.56. The second kappa shape index (κ2) is 7.83. The summed E-state index contributed by atoms with van der Waals surface area (Å²) in [6.45, 7) is 2.87. The molecule has 3 rings (SSSR count). The number of hydrogen-bond acceptors (Lipinski definition) is 6. The molecule has 1 aliphatic rings. The third kappa shape index (κ3) is 4.17. The summed E-state index contributed by atoms with van der Waals surface area (Å²) in [7, 11) is 1.52. The maximum atomic E-state index is 12.6. The van der Waals surface area contributed by atoms with Gasteiger partial charge in [-0.1, -0.05) is 18.2 Å². The molecule has 0 N–H and O–H groups in total. The van der Waals surface area contributed by atoms with Crippen molar-refractivity contribution in [2.24, 2.45) is 0 Å². The largest absolute Gasteiger partial charge is 0.481 e. The minimum absolute atomic E-state index is 0.0546. The number of para-hydroxylation sites is 1. The molecule has 0 spiro atoms. The number of ether oxygens (including phenoxy) is 3. The van der Waals surface area contributed by atoms with E-state index in [0.717, 1.165) is 6.42 Å². The van der Waals surface area contributed by atoms with Crippen LogP contribution >= 0.6 is 0 Å². The Kier molecular flexibility index (Phi) is 5.33. The topological polar surface area (TPSA) is 73.8 Å². The van der Waals surface area contributed by atoms with Crippen molar-refractivity contribution in [2.45, 2.75) is 25.6 Å². The van der Waals surface area contributed by atoms with E-state index in [0.29, 0.717) is 30.6 Å². The van der Waals surface area contributed by atoms with E-state index < -0.39 is 6.10 Å². The molecule has 7 nitrogen and oxygen atoms in total. The number of nitrogens with zero attached hydrogens (tertiary/aromatic N) is 3. The number of hydrogen-bond donors (Lipinski definition) is 0. The lowest BCUT2D eigenvalue weighted by Gasteiger charge is -2.22. The molecule has 2 atom stereocenters. The van der Waals surface area contributed by atoms with E-state index in [2.05, 4.69) is 9.97 Å². The summed E-state index contributed by atoms with van der Waals surface area (Å²) in [6.07, 6.45) is 3.12. The minimum atomic E-state index is -0.549. The fourth-order valence-corrected chi connectivity index (χ4v) is 2.73. The van der Waals surface area contributed by atoms with E-state index in [9.17, 15) is 4.79 Å². The molecule has 7 heteroatoms. The van der Waals surface area contributed by atoms with Crippen LogP contribution in [0.15, 0.2) is 42.7 Å². The first-order valence-corrected chi connectivity index (χ1v) is 8.19. The number of methoxy groups -OCH3 is 1. The molecule has 2 aromatic rings. The maximum Gasteiger partial charge on any atom is 0.278 e. The van der Waals surface area contributed by atoms with Crippen LogP contribution in [0.2, 0.25) is 0 Å². The fraction of sp³-hybridized carbons (Fsp3) is 0.389.